The number of phenols is 1. The molecule has 0 fully saturated rings. The lowest BCUT2D eigenvalue weighted by atomic mass is 9.98. The Bertz CT molecular complexity index is 471. The second kappa shape index (κ2) is 3.01. The summed E-state index contributed by atoms with van der Waals surface area (Å²) in [5.41, 5.74) is 1.03. The van der Waals surface area contributed by atoms with Crippen molar-refractivity contribution in [1.82, 2.24) is 0 Å². The molecular formula is C11H11FO2. The summed E-state index contributed by atoms with van der Waals surface area (Å²) >= 11 is 0. The lowest BCUT2D eigenvalue weighted by molar-refractivity contribution is 0.427. The fraction of sp³-hybridized carbons (Fsp3) is 0.273. The normalized spacial score (nSPS) is 11.4. The zero-order valence-electron chi connectivity index (χ0n) is 8.04. The third-order valence-electron chi connectivity index (χ3n) is 2.29. The van der Waals surface area contributed by atoms with Gasteiger partial charge in [0.25, 0.3) is 0 Å². The first-order valence-corrected chi connectivity index (χ1v) is 4.50. The van der Waals surface area contributed by atoms with Gasteiger partial charge in [-0.25, -0.2) is 4.39 Å². The van der Waals surface area contributed by atoms with E-state index in [1.54, 1.807) is 6.07 Å². The van der Waals surface area contributed by atoms with Crippen LogP contribution in [0.2, 0.25) is 0 Å². The van der Waals surface area contributed by atoms with E-state index in [1.165, 1.54) is 12.3 Å². The van der Waals surface area contributed by atoms with Crippen molar-refractivity contribution in [2.45, 2.75) is 19.8 Å². The van der Waals surface area contributed by atoms with Crippen molar-refractivity contribution >= 4 is 11.0 Å². The maximum Gasteiger partial charge on any atom is 0.169 e. The Morgan fingerprint density at radius 2 is 2.14 bits per heavy atom. The Kier molecular flexibility index (Phi) is 1.95. The number of halogens is 1. The monoisotopic (exact) mass is 194 g/mol. The number of hydrogen-bond acceptors (Lipinski definition) is 2. The number of rotatable bonds is 1. The first-order valence-electron chi connectivity index (χ1n) is 4.50. The van der Waals surface area contributed by atoms with Crippen LogP contribution in [0, 0.1) is 5.82 Å². The van der Waals surface area contributed by atoms with E-state index in [4.69, 9.17) is 4.42 Å². The van der Waals surface area contributed by atoms with Gasteiger partial charge in [0.2, 0.25) is 0 Å². The van der Waals surface area contributed by atoms with Gasteiger partial charge in [0.1, 0.15) is 5.58 Å². The SMILES string of the molecule is CC(C)c1c(F)c(O)cc2occc12. The third-order valence-corrected chi connectivity index (χ3v) is 2.29. The maximum absolute atomic E-state index is 13.6. The van der Waals surface area contributed by atoms with Gasteiger partial charge < -0.3 is 9.52 Å². The minimum Gasteiger partial charge on any atom is -0.505 e. The van der Waals surface area contributed by atoms with E-state index in [2.05, 4.69) is 0 Å². The molecule has 0 aliphatic heterocycles. The molecule has 0 unspecified atom stereocenters. The molecule has 0 radical (unpaired) electrons. The number of furan rings is 1. The molecule has 1 N–H and O–H groups in total. The van der Waals surface area contributed by atoms with Crippen LogP contribution in [0.4, 0.5) is 4.39 Å². The maximum atomic E-state index is 13.6. The molecule has 14 heavy (non-hydrogen) atoms. The molecule has 0 atom stereocenters. The highest BCUT2D eigenvalue weighted by atomic mass is 19.1. The fourth-order valence-electron chi connectivity index (χ4n) is 1.66. The van der Waals surface area contributed by atoms with Crippen molar-refractivity contribution < 1.29 is 13.9 Å². The molecule has 0 saturated carbocycles. The van der Waals surface area contributed by atoms with E-state index >= 15 is 0 Å². The van der Waals surface area contributed by atoms with Crippen LogP contribution in [0.5, 0.6) is 5.75 Å². The Morgan fingerprint density at radius 1 is 1.43 bits per heavy atom. The van der Waals surface area contributed by atoms with E-state index in [-0.39, 0.29) is 11.7 Å². The van der Waals surface area contributed by atoms with Gasteiger partial charge in [-0.3, -0.25) is 0 Å². The molecule has 0 aliphatic carbocycles. The van der Waals surface area contributed by atoms with Gasteiger partial charge >= 0.3 is 0 Å². The van der Waals surface area contributed by atoms with Crippen LogP contribution in [0.15, 0.2) is 22.8 Å². The number of phenolic OH excluding ortho intramolecular Hbond substituents is 1. The van der Waals surface area contributed by atoms with Gasteiger partial charge in [0.15, 0.2) is 11.6 Å². The minimum absolute atomic E-state index is 0.0159. The van der Waals surface area contributed by atoms with E-state index in [1.807, 2.05) is 13.8 Å². The summed E-state index contributed by atoms with van der Waals surface area (Å²) in [6, 6.07) is 3.02. The molecule has 0 saturated heterocycles. The molecule has 1 heterocycles. The van der Waals surface area contributed by atoms with Gasteiger partial charge in [-0.05, 0) is 12.0 Å². The van der Waals surface area contributed by atoms with Crippen LogP contribution in [0.25, 0.3) is 11.0 Å². The van der Waals surface area contributed by atoms with E-state index < -0.39 is 5.82 Å². The van der Waals surface area contributed by atoms with Crippen molar-refractivity contribution in [2.75, 3.05) is 0 Å². The summed E-state index contributed by atoms with van der Waals surface area (Å²) in [5.74, 6) is -0.882. The summed E-state index contributed by atoms with van der Waals surface area (Å²) in [6.07, 6.45) is 1.50. The summed E-state index contributed by atoms with van der Waals surface area (Å²) < 4.78 is 18.7. The van der Waals surface area contributed by atoms with E-state index in [0.29, 0.717) is 11.1 Å². The third kappa shape index (κ3) is 1.16. The predicted octanol–water partition coefficient (Wildman–Crippen LogP) is 3.40. The lowest BCUT2D eigenvalue weighted by Crippen LogP contribution is -1.94. The quantitative estimate of drug-likeness (QED) is 0.754. The molecule has 2 aromatic rings. The van der Waals surface area contributed by atoms with Gasteiger partial charge in [-0.15, -0.1) is 0 Å². The highest BCUT2D eigenvalue weighted by Gasteiger charge is 2.16. The molecular weight excluding hydrogens is 183 g/mol. The van der Waals surface area contributed by atoms with E-state index in [0.717, 1.165) is 5.39 Å². The summed E-state index contributed by atoms with van der Waals surface area (Å²) in [6.45, 7) is 3.76. The van der Waals surface area contributed by atoms with Crippen molar-refractivity contribution in [2.24, 2.45) is 0 Å². The van der Waals surface area contributed by atoms with Gasteiger partial charge in [-0.1, -0.05) is 13.8 Å². The Hall–Kier alpha value is -1.51. The molecule has 1 aromatic heterocycles. The van der Waals surface area contributed by atoms with Gasteiger partial charge in [-0.2, -0.15) is 0 Å². The van der Waals surface area contributed by atoms with Crippen molar-refractivity contribution in [3.63, 3.8) is 0 Å². The van der Waals surface area contributed by atoms with Crippen LogP contribution in [-0.2, 0) is 0 Å². The smallest absolute Gasteiger partial charge is 0.169 e. The molecule has 0 bridgehead atoms. The average molecular weight is 194 g/mol. The zero-order chi connectivity index (χ0) is 10.3. The molecule has 0 spiro atoms. The fourth-order valence-corrected chi connectivity index (χ4v) is 1.66. The van der Waals surface area contributed by atoms with Crippen molar-refractivity contribution in [3.8, 4) is 5.75 Å². The average Bonchev–Trinajstić information content (AvgIpc) is 2.52. The summed E-state index contributed by atoms with van der Waals surface area (Å²) in [4.78, 5) is 0. The molecule has 0 amide bonds. The van der Waals surface area contributed by atoms with Crippen LogP contribution in [0.1, 0.15) is 25.3 Å². The topological polar surface area (TPSA) is 33.4 Å². The Labute approximate surface area is 81.0 Å². The second-order valence-corrected chi connectivity index (χ2v) is 3.61. The van der Waals surface area contributed by atoms with Gasteiger partial charge in [0.05, 0.1) is 6.26 Å². The van der Waals surface area contributed by atoms with Crippen LogP contribution >= 0.6 is 0 Å². The summed E-state index contributed by atoms with van der Waals surface area (Å²) in [5, 5.41) is 10.1. The van der Waals surface area contributed by atoms with Crippen LogP contribution in [-0.4, -0.2) is 5.11 Å². The Balaban J connectivity index is 2.86. The minimum atomic E-state index is -0.547. The standard InChI is InChI=1S/C11H11FO2/c1-6(2)10-7-3-4-14-9(7)5-8(13)11(10)12/h3-6,13H,1-2H3. The molecule has 1 aromatic carbocycles. The summed E-state index contributed by atoms with van der Waals surface area (Å²) in [7, 11) is 0. The lowest BCUT2D eigenvalue weighted by Gasteiger charge is -2.09. The van der Waals surface area contributed by atoms with Crippen LogP contribution < -0.4 is 0 Å². The molecule has 74 valence electrons. The number of fused-ring (bicyclic) bond motifs is 1. The molecule has 2 rings (SSSR count). The van der Waals surface area contributed by atoms with Crippen molar-refractivity contribution in [1.29, 1.82) is 0 Å². The molecule has 2 nitrogen and oxygen atoms in total. The van der Waals surface area contributed by atoms with Gasteiger partial charge in [0, 0.05) is 17.0 Å². The first kappa shape index (κ1) is 9.06. The highest BCUT2D eigenvalue weighted by Crippen LogP contribution is 2.33. The first-order chi connectivity index (χ1) is 6.61. The van der Waals surface area contributed by atoms with Crippen molar-refractivity contribution in [3.05, 3.63) is 29.8 Å². The largest absolute Gasteiger partial charge is 0.505 e. The molecule has 0 aliphatic rings. The number of hydrogen-bond donors (Lipinski definition) is 1. The second-order valence-electron chi connectivity index (χ2n) is 3.61. The van der Waals surface area contributed by atoms with Crippen LogP contribution in [0.3, 0.4) is 0 Å². The molecule has 3 heteroatoms. The number of aromatic hydroxyl groups is 1. The highest BCUT2D eigenvalue weighted by molar-refractivity contribution is 5.83. The Morgan fingerprint density at radius 3 is 2.79 bits per heavy atom. The number of benzene rings is 1. The predicted molar refractivity (Wildman–Crippen MR) is 51.9 cm³/mol. The zero-order valence-corrected chi connectivity index (χ0v) is 8.04. The van der Waals surface area contributed by atoms with E-state index in [9.17, 15) is 9.50 Å².